The fourth-order valence-corrected chi connectivity index (χ4v) is 2.15. The zero-order valence-electron chi connectivity index (χ0n) is 10.6. The number of hydrogen-bond acceptors (Lipinski definition) is 4. The van der Waals surface area contributed by atoms with Crippen LogP contribution in [-0.4, -0.2) is 19.1 Å². The fourth-order valence-electron chi connectivity index (χ4n) is 1.63. The first kappa shape index (κ1) is 14.3. The highest BCUT2D eigenvalue weighted by Gasteiger charge is 2.08. The molecule has 0 unspecified atom stereocenters. The Balaban J connectivity index is 1.89. The maximum Gasteiger partial charge on any atom is 0.333 e. The van der Waals surface area contributed by atoms with Crippen molar-refractivity contribution in [2.75, 3.05) is 0 Å². The number of aromatic nitrogens is 1. The molecule has 2 N–H and O–H groups in total. The van der Waals surface area contributed by atoms with Crippen LogP contribution in [0.5, 0.6) is 0 Å². The highest BCUT2D eigenvalue weighted by atomic mass is 32.2. The molecule has 1 aromatic carbocycles. The molecule has 7 heteroatoms. The minimum Gasteiger partial charge on any atom is -0.337 e. The summed E-state index contributed by atoms with van der Waals surface area (Å²) in [6.45, 7) is 0. The van der Waals surface area contributed by atoms with Gasteiger partial charge in [0.25, 0.3) is 0 Å². The Bertz CT molecular complexity index is 676. The second-order valence-electron chi connectivity index (χ2n) is 4.20. The lowest BCUT2D eigenvalue weighted by Crippen LogP contribution is -2.18. The van der Waals surface area contributed by atoms with Crippen LogP contribution in [0.3, 0.4) is 0 Å². The standard InChI is InChI=1S/C13H14N2O4S/c14-20(17,18)12-6-3-11(4-7-12)5-8-13(16)19-15-9-1-2-10-15/h1-4,6-7,9-10H,5,8H2,(H2,14,17,18). The number of carbonyl (C=O) groups is 1. The third kappa shape index (κ3) is 3.94. The van der Waals surface area contributed by atoms with Crippen molar-refractivity contribution < 1.29 is 18.0 Å². The third-order valence-corrected chi connectivity index (χ3v) is 3.58. The largest absolute Gasteiger partial charge is 0.337 e. The van der Waals surface area contributed by atoms with Gasteiger partial charge in [-0.1, -0.05) is 12.1 Å². The first-order valence-electron chi connectivity index (χ1n) is 5.91. The summed E-state index contributed by atoms with van der Waals surface area (Å²) in [6, 6.07) is 9.59. The van der Waals surface area contributed by atoms with Crippen LogP contribution in [0, 0.1) is 0 Å². The third-order valence-electron chi connectivity index (χ3n) is 2.65. The van der Waals surface area contributed by atoms with Crippen molar-refractivity contribution in [1.82, 2.24) is 4.73 Å². The van der Waals surface area contributed by atoms with E-state index >= 15 is 0 Å². The summed E-state index contributed by atoms with van der Waals surface area (Å²) in [5.74, 6) is -0.364. The molecule has 0 amide bonds. The van der Waals surface area contributed by atoms with Crippen molar-refractivity contribution in [2.45, 2.75) is 17.7 Å². The Morgan fingerprint density at radius 3 is 2.30 bits per heavy atom. The number of benzene rings is 1. The number of hydrogen-bond donors (Lipinski definition) is 1. The molecule has 0 aliphatic rings. The first-order valence-corrected chi connectivity index (χ1v) is 7.46. The zero-order valence-corrected chi connectivity index (χ0v) is 11.4. The van der Waals surface area contributed by atoms with Gasteiger partial charge in [-0.05, 0) is 36.2 Å². The highest BCUT2D eigenvalue weighted by Crippen LogP contribution is 2.10. The maximum absolute atomic E-state index is 11.6. The van der Waals surface area contributed by atoms with Crippen molar-refractivity contribution in [1.29, 1.82) is 0 Å². The Morgan fingerprint density at radius 2 is 1.75 bits per heavy atom. The first-order chi connectivity index (χ1) is 9.45. The lowest BCUT2D eigenvalue weighted by atomic mass is 10.1. The number of nitrogens with zero attached hydrogens (tertiary/aromatic N) is 1. The van der Waals surface area contributed by atoms with E-state index in [1.165, 1.54) is 16.9 Å². The number of nitrogens with two attached hydrogens (primary N) is 1. The van der Waals surface area contributed by atoms with E-state index in [4.69, 9.17) is 9.98 Å². The summed E-state index contributed by atoms with van der Waals surface area (Å²) in [4.78, 5) is 16.6. The molecule has 0 spiro atoms. The molecule has 1 aromatic heterocycles. The summed E-state index contributed by atoms with van der Waals surface area (Å²) in [5.41, 5.74) is 0.835. The van der Waals surface area contributed by atoms with E-state index in [1.807, 2.05) is 0 Å². The molecular weight excluding hydrogens is 280 g/mol. The average molecular weight is 294 g/mol. The fraction of sp³-hybridized carbons (Fsp3) is 0.154. The summed E-state index contributed by atoms with van der Waals surface area (Å²) in [7, 11) is -3.68. The number of aryl methyl sites for hydroxylation is 1. The van der Waals surface area contributed by atoms with Gasteiger partial charge in [-0.3, -0.25) is 0 Å². The highest BCUT2D eigenvalue weighted by molar-refractivity contribution is 7.89. The Labute approximate surface area is 116 Å². The van der Waals surface area contributed by atoms with Crippen LogP contribution < -0.4 is 9.98 Å². The predicted octanol–water partition coefficient (Wildman–Crippen LogP) is 0.723. The van der Waals surface area contributed by atoms with Gasteiger partial charge in [0.05, 0.1) is 11.3 Å². The van der Waals surface area contributed by atoms with Gasteiger partial charge in [-0.15, -0.1) is 0 Å². The lowest BCUT2D eigenvalue weighted by Gasteiger charge is -2.05. The van der Waals surface area contributed by atoms with Crippen molar-refractivity contribution in [3.8, 4) is 0 Å². The smallest absolute Gasteiger partial charge is 0.333 e. The van der Waals surface area contributed by atoms with E-state index < -0.39 is 10.0 Å². The van der Waals surface area contributed by atoms with Crippen molar-refractivity contribution in [2.24, 2.45) is 5.14 Å². The minimum absolute atomic E-state index is 0.0520. The summed E-state index contributed by atoms with van der Waals surface area (Å²) in [6.07, 6.45) is 3.91. The minimum atomic E-state index is -3.68. The van der Waals surface area contributed by atoms with Crippen LogP contribution in [0.4, 0.5) is 0 Å². The van der Waals surface area contributed by atoms with Crippen LogP contribution in [-0.2, 0) is 21.2 Å². The van der Waals surface area contributed by atoms with Gasteiger partial charge in [0.1, 0.15) is 0 Å². The molecular formula is C13H14N2O4S. The predicted molar refractivity (Wildman–Crippen MR) is 72.2 cm³/mol. The van der Waals surface area contributed by atoms with Crippen molar-refractivity contribution in [3.63, 3.8) is 0 Å². The van der Waals surface area contributed by atoms with E-state index in [0.29, 0.717) is 6.42 Å². The number of sulfonamides is 1. The maximum atomic E-state index is 11.6. The number of primary sulfonamides is 1. The summed E-state index contributed by atoms with van der Waals surface area (Å²) < 4.78 is 23.5. The molecule has 1 heterocycles. The molecule has 0 fully saturated rings. The SMILES string of the molecule is NS(=O)(=O)c1ccc(CCC(=O)On2cccc2)cc1. The van der Waals surface area contributed by atoms with Gasteiger partial charge in [-0.2, -0.15) is 4.73 Å². The number of carbonyl (C=O) groups excluding carboxylic acids is 1. The van der Waals surface area contributed by atoms with Crippen LogP contribution in [0.1, 0.15) is 12.0 Å². The molecule has 2 rings (SSSR count). The second-order valence-corrected chi connectivity index (χ2v) is 5.76. The van der Waals surface area contributed by atoms with Crippen molar-refractivity contribution in [3.05, 3.63) is 54.4 Å². The van der Waals surface area contributed by atoms with E-state index in [2.05, 4.69) is 0 Å². The van der Waals surface area contributed by atoms with Gasteiger partial charge < -0.3 is 4.84 Å². The van der Waals surface area contributed by atoms with Gasteiger partial charge in [0.15, 0.2) is 0 Å². The molecule has 6 nitrogen and oxygen atoms in total. The van der Waals surface area contributed by atoms with Gasteiger partial charge in [0, 0.05) is 12.4 Å². The van der Waals surface area contributed by atoms with Gasteiger partial charge >= 0.3 is 5.97 Å². The van der Waals surface area contributed by atoms with E-state index in [1.54, 1.807) is 36.7 Å². The van der Waals surface area contributed by atoms with E-state index in [-0.39, 0.29) is 17.3 Å². The lowest BCUT2D eigenvalue weighted by molar-refractivity contribution is -0.144. The van der Waals surface area contributed by atoms with Gasteiger partial charge in [-0.25, -0.2) is 18.4 Å². The summed E-state index contributed by atoms with van der Waals surface area (Å²) >= 11 is 0. The summed E-state index contributed by atoms with van der Waals surface area (Å²) in [5, 5.41) is 5.00. The second kappa shape index (κ2) is 5.89. The average Bonchev–Trinajstić information content (AvgIpc) is 2.88. The molecule has 0 saturated carbocycles. The van der Waals surface area contributed by atoms with E-state index in [9.17, 15) is 13.2 Å². The monoisotopic (exact) mass is 294 g/mol. The van der Waals surface area contributed by atoms with Crippen LogP contribution in [0.15, 0.2) is 53.7 Å². The topological polar surface area (TPSA) is 91.4 Å². The van der Waals surface area contributed by atoms with Gasteiger partial charge in [0.2, 0.25) is 10.0 Å². The molecule has 0 aliphatic carbocycles. The van der Waals surface area contributed by atoms with Crippen LogP contribution in [0.25, 0.3) is 0 Å². The van der Waals surface area contributed by atoms with Crippen LogP contribution in [0.2, 0.25) is 0 Å². The molecule has 2 aromatic rings. The van der Waals surface area contributed by atoms with E-state index in [0.717, 1.165) is 5.56 Å². The van der Waals surface area contributed by atoms with Crippen LogP contribution >= 0.6 is 0 Å². The Kier molecular flexibility index (Phi) is 4.21. The zero-order chi connectivity index (χ0) is 14.6. The molecule has 0 radical (unpaired) electrons. The molecule has 0 atom stereocenters. The van der Waals surface area contributed by atoms with Crippen molar-refractivity contribution >= 4 is 16.0 Å². The molecule has 0 bridgehead atoms. The normalized spacial score (nSPS) is 11.2. The molecule has 106 valence electrons. The Morgan fingerprint density at radius 1 is 1.15 bits per heavy atom. The quantitative estimate of drug-likeness (QED) is 0.879. The molecule has 0 aliphatic heterocycles. The molecule has 20 heavy (non-hydrogen) atoms. The Hall–Kier alpha value is -2.12. The number of rotatable bonds is 5. The molecule has 0 saturated heterocycles.